The summed E-state index contributed by atoms with van der Waals surface area (Å²) in [5.41, 5.74) is 1.86. The number of anilines is 1. The molecule has 0 amide bonds. The summed E-state index contributed by atoms with van der Waals surface area (Å²) in [4.78, 5) is 12.5. The maximum absolute atomic E-state index is 13.1. The molecule has 0 aliphatic rings. The maximum atomic E-state index is 13.1. The highest BCUT2D eigenvalue weighted by atomic mass is 32.3. The summed E-state index contributed by atoms with van der Waals surface area (Å²) in [5.74, 6) is 0.542. The topological polar surface area (TPSA) is 121 Å². The van der Waals surface area contributed by atoms with Crippen molar-refractivity contribution in [1.29, 1.82) is 0 Å². The van der Waals surface area contributed by atoms with Gasteiger partial charge in [0.1, 0.15) is 16.0 Å². The van der Waals surface area contributed by atoms with Gasteiger partial charge in [-0.25, -0.2) is 4.98 Å². The number of nitrogens with one attached hydrogen (secondary N) is 1. The molecular formula is C20H15N7O2S. The van der Waals surface area contributed by atoms with E-state index in [1.807, 2.05) is 36.4 Å². The molecule has 9 nitrogen and oxygen atoms in total. The first-order valence-electron chi connectivity index (χ1n) is 9.06. The Labute approximate surface area is 172 Å². The van der Waals surface area contributed by atoms with Crippen LogP contribution in [0.2, 0.25) is 0 Å². The average molecular weight is 417 g/mol. The molecule has 10 heteroatoms. The number of para-hydroxylation sites is 1. The zero-order valence-corrected chi connectivity index (χ0v) is 16.4. The van der Waals surface area contributed by atoms with Crippen molar-refractivity contribution in [2.24, 2.45) is 0 Å². The number of rotatable bonds is 5. The Kier molecular flexibility index (Phi) is 4.42. The van der Waals surface area contributed by atoms with Crippen LogP contribution >= 0.6 is 0 Å². The smallest absolute Gasteiger partial charge is 0.318 e. The highest BCUT2D eigenvalue weighted by Crippen LogP contribution is 2.30. The second-order valence-corrected chi connectivity index (χ2v) is 8.37. The van der Waals surface area contributed by atoms with Gasteiger partial charge in [0.25, 0.3) is 0 Å². The van der Waals surface area contributed by atoms with Gasteiger partial charge < -0.3 is 9.87 Å². The van der Waals surface area contributed by atoms with Gasteiger partial charge in [0.05, 0.1) is 11.7 Å². The summed E-state index contributed by atoms with van der Waals surface area (Å²) < 4.78 is 27.7. The molecule has 1 unspecified atom stereocenters. The molecule has 0 bridgehead atoms. The minimum absolute atomic E-state index is 0.0358. The molecule has 1 N–H and O–H groups in total. The fourth-order valence-corrected chi connectivity index (χ4v) is 4.36. The first-order chi connectivity index (χ1) is 14.6. The highest BCUT2D eigenvalue weighted by molar-refractivity contribution is 7.97. The van der Waals surface area contributed by atoms with Crippen LogP contribution in [0.3, 0.4) is 0 Å². The summed E-state index contributed by atoms with van der Waals surface area (Å²) >= 11 is 0. The summed E-state index contributed by atoms with van der Waals surface area (Å²) in [6, 6.07) is 14.3. The van der Waals surface area contributed by atoms with Crippen LogP contribution in [-0.4, -0.2) is 34.3 Å². The number of hydrogen-bond acceptors (Lipinski definition) is 8. The molecule has 1 aromatic carbocycles. The molecule has 0 aliphatic heterocycles. The predicted molar refractivity (Wildman–Crippen MR) is 109 cm³/mol. The maximum Gasteiger partial charge on any atom is 0.318 e. The minimum Gasteiger partial charge on any atom is -0.604 e. The van der Waals surface area contributed by atoms with Crippen LogP contribution in [0.1, 0.15) is 5.56 Å². The zero-order valence-electron chi connectivity index (χ0n) is 15.5. The molecule has 0 saturated heterocycles. The van der Waals surface area contributed by atoms with Crippen LogP contribution < -0.4 is 5.32 Å². The lowest BCUT2D eigenvalue weighted by molar-refractivity contribution is 0.474. The standard InChI is InChI=1S/C20H15N7O2S/c28-30(29,15-4-3-9-22-13-15)20-19-24-18(23-12-14-7-10-21-11-8-14)16-5-1-2-6-17(16)27(19)26-25-20/h1-11,13H,12H2,(H-,23,24,28,29). The van der Waals surface area contributed by atoms with E-state index in [2.05, 4.69) is 30.6 Å². The lowest BCUT2D eigenvalue weighted by atomic mass is 10.2. The summed E-state index contributed by atoms with van der Waals surface area (Å²) in [6.45, 7) is 0.502. The molecule has 0 saturated carbocycles. The molecule has 4 heterocycles. The van der Waals surface area contributed by atoms with E-state index in [0.29, 0.717) is 17.9 Å². The zero-order chi connectivity index (χ0) is 20.6. The number of fused-ring (bicyclic) bond motifs is 3. The Morgan fingerprint density at radius 1 is 1.00 bits per heavy atom. The Balaban J connectivity index is 1.67. The summed E-state index contributed by atoms with van der Waals surface area (Å²) in [7, 11) is -3.93. The molecule has 30 heavy (non-hydrogen) atoms. The molecule has 4 aromatic heterocycles. The van der Waals surface area contributed by atoms with Crippen LogP contribution in [0, 0.1) is 0 Å². The Hall–Kier alpha value is -3.76. The van der Waals surface area contributed by atoms with Gasteiger partial charge in [0, 0.05) is 30.5 Å². The van der Waals surface area contributed by atoms with Crippen LogP contribution in [0.15, 0.2) is 83.2 Å². The molecule has 5 aromatic rings. The fourth-order valence-electron chi connectivity index (χ4n) is 3.16. The molecule has 0 spiro atoms. The van der Waals surface area contributed by atoms with E-state index in [4.69, 9.17) is 0 Å². The summed E-state index contributed by atoms with van der Waals surface area (Å²) in [5, 5.41) is 11.9. The number of sulfone groups is 1. The van der Waals surface area contributed by atoms with Gasteiger partial charge in [-0.05, 0) is 42.0 Å². The Morgan fingerprint density at radius 2 is 1.83 bits per heavy atom. The van der Waals surface area contributed by atoms with Gasteiger partial charge in [-0.2, -0.15) is 4.52 Å². The van der Waals surface area contributed by atoms with E-state index in [-0.39, 0.29) is 15.6 Å². The third-order valence-corrected chi connectivity index (χ3v) is 6.27. The first-order valence-corrected chi connectivity index (χ1v) is 10.5. The van der Waals surface area contributed by atoms with Gasteiger partial charge >= 0.3 is 5.03 Å². The predicted octanol–water partition coefficient (Wildman–Crippen LogP) is 2.73. The van der Waals surface area contributed by atoms with Gasteiger partial charge in [-0.3, -0.25) is 9.97 Å². The second-order valence-electron chi connectivity index (χ2n) is 6.51. The average Bonchev–Trinajstić information content (AvgIpc) is 3.24. The molecular weight excluding hydrogens is 402 g/mol. The van der Waals surface area contributed by atoms with E-state index < -0.39 is 10.2 Å². The molecule has 1 atom stereocenters. The molecule has 0 radical (unpaired) electrons. The van der Waals surface area contributed by atoms with Crippen LogP contribution in [-0.2, 0) is 21.0 Å². The van der Waals surface area contributed by atoms with Gasteiger partial charge in [-0.1, -0.05) is 26.7 Å². The van der Waals surface area contributed by atoms with Crippen molar-refractivity contribution >= 4 is 32.6 Å². The Bertz CT molecular complexity index is 1390. The number of hydrogen-bond donors (Lipinski definition) is 1. The normalized spacial score (nSPS) is 13.4. The second kappa shape index (κ2) is 7.25. The number of nitrogens with zero attached hydrogens (tertiary/aromatic N) is 6. The van der Waals surface area contributed by atoms with Gasteiger partial charge in [-0.15, -0.1) is 0 Å². The van der Waals surface area contributed by atoms with E-state index >= 15 is 0 Å². The van der Waals surface area contributed by atoms with E-state index in [1.54, 1.807) is 18.5 Å². The molecule has 148 valence electrons. The van der Waals surface area contributed by atoms with Crippen LogP contribution in [0.4, 0.5) is 5.82 Å². The third-order valence-electron chi connectivity index (χ3n) is 4.63. The van der Waals surface area contributed by atoms with Crippen molar-refractivity contribution in [2.45, 2.75) is 16.5 Å². The van der Waals surface area contributed by atoms with Crippen molar-refractivity contribution < 1.29 is 8.76 Å². The molecule has 5 rings (SSSR count). The highest BCUT2D eigenvalue weighted by Gasteiger charge is 2.32. The van der Waals surface area contributed by atoms with Gasteiger partial charge in [0.15, 0.2) is 4.90 Å². The lowest BCUT2D eigenvalue weighted by Crippen LogP contribution is -2.13. The van der Waals surface area contributed by atoms with E-state index in [9.17, 15) is 8.76 Å². The van der Waals surface area contributed by atoms with E-state index in [0.717, 1.165) is 10.9 Å². The number of pyridine rings is 2. The molecule has 0 fully saturated rings. The quantitative estimate of drug-likeness (QED) is 0.433. The van der Waals surface area contributed by atoms with Gasteiger partial charge in [0.2, 0.25) is 5.65 Å². The minimum atomic E-state index is -3.93. The SMILES string of the molecule is O=[S+]([O-])(c1cccnc1)c1nnn2c1nc(NCc1ccncc1)c1ccccc12. The first kappa shape index (κ1) is 18.3. The number of aromatic nitrogens is 6. The largest absolute Gasteiger partial charge is 0.604 e. The van der Waals surface area contributed by atoms with Crippen molar-refractivity contribution in [3.05, 3.63) is 78.9 Å². The van der Waals surface area contributed by atoms with Crippen LogP contribution in [0.5, 0.6) is 0 Å². The number of benzene rings is 1. The third kappa shape index (κ3) is 3.08. The van der Waals surface area contributed by atoms with Crippen molar-refractivity contribution in [1.82, 2.24) is 29.8 Å². The Morgan fingerprint density at radius 3 is 2.63 bits per heavy atom. The monoisotopic (exact) mass is 417 g/mol. The molecule has 0 aliphatic carbocycles. The van der Waals surface area contributed by atoms with Crippen LogP contribution in [0.25, 0.3) is 16.6 Å². The van der Waals surface area contributed by atoms with E-state index in [1.165, 1.54) is 23.0 Å². The van der Waals surface area contributed by atoms with Crippen molar-refractivity contribution in [2.75, 3.05) is 5.32 Å². The summed E-state index contributed by atoms with van der Waals surface area (Å²) in [6.07, 6.45) is 6.22. The van der Waals surface area contributed by atoms with Crippen molar-refractivity contribution in [3.63, 3.8) is 0 Å². The van der Waals surface area contributed by atoms with Crippen molar-refractivity contribution in [3.8, 4) is 0 Å². The lowest BCUT2D eigenvalue weighted by Gasteiger charge is -2.12. The fraction of sp³-hybridized carbons (Fsp3) is 0.0500.